The minimum absolute atomic E-state index is 0.417. The van der Waals surface area contributed by atoms with Crippen LogP contribution in [0.2, 0.25) is 0 Å². The summed E-state index contributed by atoms with van der Waals surface area (Å²) in [5.74, 6) is 4.75. The topological polar surface area (TPSA) is 17.1 Å². The molecule has 0 aromatic heterocycles. The summed E-state index contributed by atoms with van der Waals surface area (Å²) < 4.78 is 0. The molecule has 3 aliphatic rings. The van der Waals surface area contributed by atoms with Crippen LogP contribution in [0.5, 0.6) is 0 Å². The molecular formula is C12H18O. The molecule has 3 fully saturated rings. The van der Waals surface area contributed by atoms with Crippen molar-refractivity contribution in [1.82, 2.24) is 0 Å². The average molecular weight is 178 g/mol. The van der Waals surface area contributed by atoms with Gasteiger partial charge in [-0.2, -0.15) is 0 Å². The number of hydrogen-bond donors (Lipinski definition) is 0. The van der Waals surface area contributed by atoms with Crippen LogP contribution in [-0.4, -0.2) is 6.29 Å². The third kappa shape index (κ3) is 0.908. The maximum atomic E-state index is 11.0. The summed E-state index contributed by atoms with van der Waals surface area (Å²) in [4.78, 5) is 11.0. The largest absolute Gasteiger partial charge is 0.303 e. The Kier molecular flexibility index (Phi) is 1.59. The van der Waals surface area contributed by atoms with E-state index < -0.39 is 0 Å². The minimum atomic E-state index is 0.417. The lowest BCUT2D eigenvalue weighted by molar-refractivity contribution is -0.113. The van der Waals surface area contributed by atoms with E-state index in [1.165, 1.54) is 32.0 Å². The Balaban J connectivity index is 1.91. The van der Waals surface area contributed by atoms with Crippen molar-refractivity contribution in [3.63, 3.8) is 0 Å². The second-order valence-electron chi connectivity index (χ2n) is 5.50. The van der Waals surface area contributed by atoms with Crippen molar-refractivity contribution in [2.45, 2.75) is 32.6 Å². The van der Waals surface area contributed by atoms with Crippen LogP contribution in [0.15, 0.2) is 0 Å². The van der Waals surface area contributed by atoms with Gasteiger partial charge in [-0.05, 0) is 55.3 Å². The van der Waals surface area contributed by atoms with Gasteiger partial charge in [0.1, 0.15) is 6.29 Å². The van der Waals surface area contributed by atoms with Crippen LogP contribution in [0.25, 0.3) is 0 Å². The summed E-state index contributed by atoms with van der Waals surface area (Å²) in [7, 11) is 0. The molecule has 2 bridgehead atoms. The van der Waals surface area contributed by atoms with Gasteiger partial charge in [-0.15, -0.1) is 0 Å². The van der Waals surface area contributed by atoms with Crippen LogP contribution in [0.3, 0.4) is 0 Å². The molecule has 6 unspecified atom stereocenters. The van der Waals surface area contributed by atoms with Crippen molar-refractivity contribution >= 4 is 6.29 Å². The highest BCUT2D eigenvalue weighted by Gasteiger charge is 2.55. The molecular weight excluding hydrogens is 160 g/mol. The predicted octanol–water partition coefficient (Wildman–Crippen LogP) is 2.50. The van der Waals surface area contributed by atoms with Gasteiger partial charge in [0.05, 0.1) is 0 Å². The Morgan fingerprint density at radius 1 is 1.15 bits per heavy atom. The SMILES string of the molecule is CC1CC2C3CCC(C3)C2C1C=O. The maximum Gasteiger partial charge on any atom is 0.123 e. The molecule has 0 aromatic rings. The molecule has 13 heavy (non-hydrogen) atoms. The van der Waals surface area contributed by atoms with Gasteiger partial charge in [0, 0.05) is 5.92 Å². The van der Waals surface area contributed by atoms with Gasteiger partial charge in [-0.3, -0.25) is 0 Å². The Hall–Kier alpha value is -0.330. The van der Waals surface area contributed by atoms with E-state index in [0.717, 1.165) is 23.7 Å². The summed E-state index contributed by atoms with van der Waals surface area (Å²) in [6, 6.07) is 0. The summed E-state index contributed by atoms with van der Waals surface area (Å²) in [5.41, 5.74) is 0. The smallest absolute Gasteiger partial charge is 0.123 e. The maximum absolute atomic E-state index is 11.0. The van der Waals surface area contributed by atoms with E-state index >= 15 is 0 Å². The minimum Gasteiger partial charge on any atom is -0.303 e. The molecule has 0 amide bonds. The van der Waals surface area contributed by atoms with Crippen molar-refractivity contribution in [2.24, 2.45) is 35.5 Å². The fourth-order valence-corrected chi connectivity index (χ4v) is 4.59. The molecule has 3 aliphatic carbocycles. The Morgan fingerprint density at radius 2 is 1.92 bits per heavy atom. The fraction of sp³-hybridized carbons (Fsp3) is 0.917. The highest BCUT2D eigenvalue weighted by atomic mass is 16.1. The molecule has 0 spiro atoms. The zero-order valence-electron chi connectivity index (χ0n) is 8.28. The molecule has 72 valence electrons. The monoisotopic (exact) mass is 178 g/mol. The number of carbonyl (C=O) groups is 1. The van der Waals surface area contributed by atoms with Gasteiger partial charge in [-0.1, -0.05) is 6.92 Å². The second-order valence-corrected chi connectivity index (χ2v) is 5.50. The van der Waals surface area contributed by atoms with E-state index in [2.05, 4.69) is 6.92 Å². The molecule has 0 radical (unpaired) electrons. The van der Waals surface area contributed by atoms with E-state index in [1.807, 2.05) is 0 Å². The molecule has 1 heteroatoms. The Morgan fingerprint density at radius 3 is 2.69 bits per heavy atom. The van der Waals surface area contributed by atoms with Crippen molar-refractivity contribution in [2.75, 3.05) is 0 Å². The van der Waals surface area contributed by atoms with E-state index in [9.17, 15) is 4.79 Å². The number of fused-ring (bicyclic) bond motifs is 5. The number of aldehydes is 1. The molecule has 3 rings (SSSR count). The van der Waals surface area contributed by atoms with Crippen LogP contribution in [0.1, 0.15) is 32.6 Å². The first-order valence-corrected chi connectivity index (χ1v) is 5.76. The number of carbonyl (C=O) groups excluding carboxylic acids is 1. The second kappa shape index (κ2) is 2.59. The molecule has 0 aliphatic heterocycles. The van der Waals surface area contributed by atoms with Gasteiger partial charge < -0.3 is 4.79 Å². The molecule has 1 nitrogen and oxygen atoms in total. The van der Waals surface area contributed by atoms with Gasteiger partial charge in [-0.25, -0.2) is 0 Å². The van der Waals surface area contributed by atoms with Crippen LogP contribution < -0.4 is 0 Å². The zero-order valence-corrected chi connectivity index (χ0v) is 8.28. The van der Waals surface area contributed by atoms with E-state index in [-0.39, 0.29) is 0 Å². The Bertz CT molecular complexity index is 235. The molecule has 0 N–H and O–H groups in total. The van der Waals surface area contributed by atoms with Crippen molar-refractivity contribution in [1.29, 1.82) is 0 Å². The highest BCUT2D eigenvalue weighted by molar-refractivity contribution is 5.56. The highest BCUT2D eigenvalue weighted by Crippen LogP contribution is 2.61. The summed E-state index contributed by atoms with van der Waals surface area (Å²) in [5, 5.41) is 0. The first-order valence-electron chi connectivity index (χ1n) is 5.76. The lowest BCUT2D eigenvalue weighted by Gasteiger charge is -2.26. The first-order chi connectivity index (χ1) is 6.31. The number of hydrogen-bond acceptors (Lipinski definition) is 1. The van der Waals surface area contributed by atoms with Crippen LogP contribution in [0, 0.1) is 35.5 Å². The zero-order chi connectivity index (χ0) is 9.00. The predicted molar refractivity (Wildman–Crippen MR) is 51.1 cm³/mol. The van der Waals surface area contributed by atoms with Gasteiger partial charge >= 0.3 is 0 Å². The number of rotatable bonds is 1. The van der Waals surface area contributed by atoms with Crippen LogP contribution in [-0.2, 0) is 4.79 Å². The average Bonchev–Trinajstić information content (AvgIpc) is 2.72. The third-order valence-corrected chi connectivity index (χ3v) is 5.06. The summed E-state index contributed by atoms with van der Waals surface area (Å²) in [6.45, 7) is 2.27. The molecule has 3 saturated carbocycles. The third-order valence-electron chi connectivity index (χ3n) is 5.06. The molecule has 0 heterocycles. The quantitative estimate of drug-likeness (QED) is 0.564. The summed E-state index contributed by atoms with van der Waals surface area (Å²) in [6.07, 6.45) is 6.94. The van der Waals surface area contributed by atoms with E-state index in [1.54, 1.807) is 0 Å². The molecule has 6 atom stereocenters. The van der Waals surface area contributed by atoms with Crippen LogP contribution >= 0.6 is 0 Å². The van der Waals surface area contributed by atoms with Crippen LogP contribution in [0.4, 0.5) is 0 Å². The molecule has 0 aromatic carbocycles. The normalized spacial score (nSPS) is 58.2. The first kappa shape index (κ1) is 8.02. The van der Waals surface area contributed by atoms with Gasteiger partial charge in [0.25, 0.3) is 0 Å². The summed E-state index contributed by atoms with van der Waals surface area (Å²) >= 11 is 0. The fourth-order valence-electron chi connectivity index (χ4n) is 4.59. The lowest BCUT2D eigenvalue weighted by atomic mass is 9.78. The van der Waals surface area contributed by atoms with E-state index in [4.69, 9.17) is 0 Å². The molecule has 0 saturated heterocycles. The van der Waals surface area contributed by atoms with E-state index in [0.29, 0.717) is 11.8 Å². The standard InChI is InChI=1S/C12H18O/c1-7-4-10-8-2-3-9(5-8)12(10)11(7)6-13/h6-12H,2-5H2,1H3. The van der Waals surface area contributed by atoms with Crippen molar-refractivity contribution in [3.05, 3.63) is 0 Å². The lowest BCUT2D eigenvalue weighted by Crippen LogP contribution is -2.23. The van der Waals surface area contributed by atoms with Gasteiger partial charge in [0.2, 0.25) is 0 Å². The van der Waals surface area contributed by atoms with Crippen molar-refractivity contribution < 1.29 is 4.79 Å². The Labute approximate surface area is 79.9 Å². The van der Waals surface area contributed by atoms with Gasteiger partial charge in [0.15, 0.2) is 0 Å². The van der Waals surface area contributed by atoms with Crippen molar-refractivity contribution in [3.8, 4) is 0 Å².